The molecule has 3 N–H and O–H groups in total. The highest BCUT2D eigenvalue weighted by atomic mass is 16.5. The van der Waals surface area contributed by atoms with E-state index < -0.39 is 6.17 Å². The number of benzene rings is 3. The van der Waals surface area contributed by atoms with Crippen molar-refractivity contribution in [3.63, 3.8) is 0 Å². The number of hydrogen-bond donors (Lipinski definition) is 3. The van der Waals surface area contributed by atoms with Crippen molar-refractivity contribution in [2.45, 2.75) is 40.1 Å². The number of phenolic OH excluding ortho intramolecular Hbond substituents is 1. The van der Waals surface area contributed by atoms with Crippen molar-refractivity contribution < 1.29 is 28.6 Å². The highest BCUT2D eigenvalue weighted by Gasteiger charge is 2.35. The molecule has 9 heteroatoms. The van der Waals surface area contributed by atoms with E-state index >= 15 is 0 Å². The van der Waals surface area contributed by atoms with E-state index in [9.17, 15) is 14.7 Å². The SMILES string of the molecule is COc1ccc(C2Nc3cccc(O)c3C(=O)N2Cc2ccco2)cc1COc1c(C)cc(NC(C)=O)cc1C. The highest BCUT2D eigenvalue weighted by Crippen LogP contribution is 2.39. The fourth-order valence-electron chi connectivity index (χ4n) is 5.05. The Kier molecular flexibility index (Phi) is 7.37. The van der Waals surface area contributed by atoms with Crippen LogP contribution in [0.2, 0.25) is 0 Å². The van der Waals surface area contributed by atoms with Gasteiger partial charge in [0.2, 0.25) is 5.91 Å². The maximum Gasteiger partial charge on any atom is 0.262 e. The lowest BCUT2D eigenvalue weighted by Gasteiger charge is -2.38. The van der Waals surface area contributed by atoms with Crippen molar-refractivity contribution in [2.75, 3.05) is 17.7 Å². The van der Waals surface area contributed by atoms with Crippen molar-refractivity contribution in [3.8, 4) is 17.2 Å². The molecule has 2 heterocycles. The average Bonchev–Trinajstić information content (AvgIpc) is 3.42. The lowest BCUT2D eigenvalue weighted by molar-refractivity contribution is -0.114. The average molecular weight is 542 g/mol. The third-order valence-corrected chi connectivity index (χ3v) is 6.80. The van der Waals surface area contributed by atoms with E-state index in [1.54, 1.807) is 42.5 Å². The van der Waals surface area contributed by atoms with Crippen molar-refractivity contribution >= 4 is 23.2 Å². The first-order valence-electron chi connectivity index (χ1n) is 12.9. The predicted molar refractivity (Wildman–Crippen MR) is 151 cm³/mol. The zero-order valence-corrected chi connectivity index (χ0v) is 22.8. The molecule has 5 rings (SSSR count). The van der Waals surface area contributed by atoms with Gasteiger partial charge in [-0.25, -0.2) is 0 Å². The number of methoxy groups -OCH3 is 1. The summed E-state index contributed by atoms with van der Waals surface area (Å²) in [5.41, 5.74) is 4.85. The summed E-state index contributed by atoms with van der Waals surface area (Å²) >= 11 is 0. The number of nitrogens with zero attached hydrogens (tertiary/aromatic N) is 1. The Morgan fingerprint density at radius 3 is 2.55 bits per heavy atom. The van der Waals surface area contributed by atoms with Crippen LogP contribution in [-0.4, -0.2) is 28.9 Å². The first kappa shape index (κ1) is 26.7. The number of phenols is 1. The number of rotatable bonds is 8. The van der Waals surface area contributed by atoms with Gasteiger partial charge < -0.3 is 34.5 Å². The summed E-state index contributed by atoms with van der Waals surface area (Å²) in [5.74, 6) is 1.44. The summed E-state index contributed by atoms with van der Waals surface area (Å²) in [6.07, 6.45) is 1.02. The number of aryl methyl sites for hydroxylation is 2. The molecule has 3 aromatic carbocycles. The van der Waals surface area contributed by atoms with E-state index in [1.165, 1.54) is 13.0 Å². The van der Waals surface area contributed by atoms with E-state index in [0.29, 0.717) is 22.9 Å². The lowest BCUT2D eigenvalue weighted by Crippen LogP contribution is -2.42. The summed E-state index contributed by atoms with van der Waals surface area (Å²) in [5, 5.41) is 16.7. The number of carbonyl (C=O) groups excluding carboxylic acids is 2. The summed E-state index contributed by atoms with van der Waals surface area (Å²) < 4.78 is 17.4. The van der Waals surface area contributed by atoms with E-state index in [1.807, 2.05) is 44.2 Å². The summed E-state index contributed by atoms with van der Waals surface area (Å²) in [6, 6.07) is 18.0. The number of amides is 2. The maximum atomic E-state index is 13.6. The number of aromatic hydroxyl groups is 1. The predicted octanol–water partition coefficient (Wildman–Crippen LogP) is 5.91. The molecule has 4 aromatic rings. The molecule has 1 atom stereocenters. The zero-order valence-electron chi connectivity index (χ0n) is 22.8. The Morgan fingerprint density at radius 2 is 1.88 bits per heavy atom. The number of furan rings is 1. The zero-order chi connectivity index (χ0) is 28.4. The second-order valence-electron chi connectivity index (χ2n) is 9.74. The highest BCUT2D eigenvalue weighted by molar-refractivity contribution is 6.04. The molecular weight excluding hydrogens is 510 g/mol. The van der Waals surface area contributed by atoms with Crippen molar-refractivity contribution in [1.29, 1.82) is 0 Å². The Balaban J connectivity index is 1.47. The van der Waals surface area contributed by atoms with Crippen LogP contribution in [0.5, 0.6) is 17.2 Å². The van der Waals surface area contributed by atoms with E-state index in [2.05, 4.69) is 10.6 Å². The Hall–Kier alpha value is -4.92. The van der Waals surface area contributed by atoms with E-state index in [4.69, 9.17) is 13.9 Å². The monoisotopic (exact) mass is 541 g/mol. The smallest absolute Gasteiger partial charge is 0.262 e. The van der Waals surface area contributed by atoms with E-state index in [-0.39, 0.29) is 36.3 Å². The normalized spacial score (nSPS) is 14.3. The first-order chi connectivity index (χ1) is 19.2. The molecule has 0 aliphatic carbocycles. The first-order valence-corrected chi connectivity index (χ1v) is 12.9. The Labute approximate surface area is 232 Å². The minimum Gasteiger partial charge on any atom is -0.507 e. The van der Waals surface area contributed by atoms with E-state index in [0.717, 1.165) is 28.0 Å². The van der Waals surface area contributed by atoms with Crippen LogP contribution in [0.25, 0.3) is 0 Å². The Bertz CT molecular complexity index is 1540. The van der Waals surface area contributed by atoms with Gasteiger partial charge in [-0.3, -0.25) is 9.59 Å². The van der Waals surface area contributed by atoms with Gasteiger partial charge in [-0.05, 0) is 79.1 Å². The van der Waals surface area contributed by atoms with Crippen molar-refractivity contribution in [1.82, 2.24) is 4.90 Å². The number of anilines is 2. The van der Waals surface area contributed by atoms with Crippen LogP contribution >= 0.6 is 0 Å². The molecule has 0 bridgehead atoms. The third kappa shape index (κ3) is 5.31. The molecule has 1 aliphatic rings. The van der Waals surface area contributed by atoms with Gasteiger partial charge >= 0.3 is 0 Å². The summed E-state index contributed by atoms with van der Waals surface area (Å²) in [7, 11) is 1.60. The Morgan fingerprint density at radius 1 is 1.10 bits per heavy atom. The third-order valence-electron chi connectivity index (χ3n) is 6.80. The van der Waals surface area contributed by atoms with Gasteiger partial charge in [0.05, 0.1) is 25.6 Å². The number of carbonyl (C=O) groups is 2. The van der Waals surface area contributed by atoms with Gasteiger partial charge in [0.25, 0.3) is 5.91 Å². The number of fused-ring (bicyclic) bond motifs is 1. The molecule has 2 amide bonds. The van der Waals surface area contributed by atoms with Crippen LogP contribution in [0.15, 0.2) is 71.3 Å². The minimum atomic E-state index is -0.544. The molecule has 1 aromatic heterocycles. The van der Waals surface area contributed by atoms with Crippen molar-refractivity contribution in [2.24, 2.45) is 0 Å². The number of hydrogen-bond acceptors (Lipinski definition) is 7. The number of nitrogens with one attached hydrogen (secondary N) is 2. The summed E-state index contributed by atoms with van der Waals surface area (Å²) in [6.45, 7) is 5.75. The second-order valence-corrected chi connectivity index (χ2v) is 9.74. The largest absolute Gasteiger partial charge is 0.507 e. The quantitative estimate of drug-likeness (QED) is 0.254. The second kappa shape index (κ2) is 11.1. The molecule has 9 nitrogen and oxygen atoms in total. The topological polar surface area (TPSA) is 113 Å². The fourth-order valence-corrected chi connectivity index (χ4v) is 5.05. The molecule has 0 saturated heterocycles. The van der Waals surface area contributed by atoms with Gasteiger partial charge in [-0.2, -0.15) is 0 Å². The lowest BCUT2D eigenvalue weighted by atomic mass is 10.0. The van der Waals surface area contributed by atoms with Gasteiger partial charge in [0.15, 0.2) is 0 Å². The van der Waals surface area contributed by atoms with Crippen LogP contribution in [0.3, 0.4) is 0 Å². The maximum absolute atomic E-state index is 13.6. The van der Waals surface area contributed by atoms with Crippen LogP contribution in [0, 0.1) is 13.8 Å². The molecule has 0 radical (unpaired) electrons. The van der Waals surface area contributed by atoms with Crippen LogP contribution in [-0.2, 0) is 17.9 Å². The van der Waals surface area contributed by atoms with Gasteiger partial charge in [-0.15, -0.1) is 0 Å². The molecule has 0 saturated carbocycles. The van der Waals surface area contributed by atoms with Gasteiger partial charge in [-0.1, -0.05) is 12.1 Å². The van der Waals surface area contributed by atoms with Crippen molar-refractivity contribution in [3.05, 3.63) is 101 Å². The molecule has 0 spiro atoms. The summed E-state index contributed by atoms with van der Waals surface area (Å²) in [4.78, 5) is 26.7. The number of ether oxygens (including phenoxy) is 2. The van der Waals surface area contributed by atoms with Crippen LogP contribution in [0.4, 0.5) is 11.4 Å². The fraction of sp³-hybridized carbons (Fsp3) is 0.226. The van der Waals surface area contributed by atoms with Crippen LogP contribution < -0.4 is 20.1 Å². The molecule has 0 fully saturated rings. The van der Waals surface area contributed by atoms with Crippen LogP contribution in [0.1, 0.15) is 51.5 Å². The van der Waals surface area contributed by atoms with Gasteiger partial charge in [0.1, 0.15) is 41.3 Å². The minimum absolute atomic E-state index is 0.0861. The molecule has 1 aliphatic heterocycles. The molecule has 1 unspecified atom stereocenters. The standard InChI is InChI=1S/C31H31N3O6/c1-18-13-23(32-20(3)35)14-19(2)29(18)40-17-22-15-21(10-11-27(22)38-4)30-33-25-8-5-9-26(36)28(25)31(37)34(30)16-24-7-6-12-39-24/h5-15,30,33,36H,16-17H2,1-4H3,(H,32,35). The molecule has 40 heavy (non-hydrogen) atoms. The molecule has 206 valence electrons. The van der Waals surface area contributed by atoms with Gasteiger partial charge in [0, 0.05) is 18.2 Å². The molecular formula is C31H31N3O6.